The minimum Gasteiger partial charge on any atom is -0.348 e. The number of thioether (sulfide) groups is 1. The summed E-state index contributed by atoms with van der Waals surface area (Å²) in [6.07, 6.45) is 5.63. The van der Waals surface area contributed by atoms with Gasteiger partial charge >= 0.3 is 0 Å². The van der Waals surface area contributed by atoms with Gasteiger partial charge in [0.2, 0.25) is 5.91 Å². The van der Waals surface area contributed by atoms with Crippen molar-refractivity contribution in [1.29, 1.82) is 5.26 Å². The van der Waals surface area contributed by atoms with Crippen LogP contribution in [0.2, 0.25) is 5.02 Å². The highest BCUT2D eigenvalue weighted by atomic mass is 35.5. The molecule has 3 saturated heterocycles. The van der Waals surface area contributed by atoms with Gasteiger partial charge in [-0.05, 0) is 75.5 Å². The quantitative estimate of drug-likeness (QED) is 0.479. The number of likely N-dealkylation sites (N-methyl/N-ethyl adjacent to an activating group) is 1. The number of nitriles is 1. The van der Waals surface area contributed by atoms with Crippen molar-refractivity contribution in [3.8, 4) is 6.07 Å². The lowest BCUT2D eigenvalue weighted by Crippen LogP contribution is -2.75. The molecule has 0 radical (unpaired) electrons. The Balaban J connectivity index is 1.24. The van der Waals surface area contributed by atoms with Gasteiger partial charge in [0, 0.05) is 41.5 Å². The van der Waals surface area contributed by atoms with Crippen LogP contribution in [0.15, 0.2) is 35.7 Å². The summed E-state index contributed by atoms with van der Waals surface area (Å²) in [5, 5.41) is 17.5. The predicted octanol–water partition coefficient (Wildman–Crippen LogP) is 2.60. The van der Waals surface area contributed by atoms with E-state index in [1.54, 1.807) is 16.7 Å². The number of nitrogens with one attached hydrogen (secondary N) is 2. The van der Waals surface area contributed by atoms with Crippen molar-refractivity contribution in [2.75, 3.05) is 39.8 Å². The molecule has 1 saturated carbocycles. The van der Waals surface area contributed by atoms with Gasteiger partial charge in [0.25, 0.3) is 0 Å². The van der Waals surface area contributed by atoms with Gasteiger partial charge in [-0.2, -0.15) is 5.26 Å². The standard InChI is InChI=1S/C30H39ClN6O3S/c1-3-25(38)37-14-13-36(17-21(37)9-11-32)28-23-8-10-30(16-19-15-20(31)6-7-24(19)41-30)27(39)26(23)33-29(34-28)40-18-22-5-4-12-35(22)2/h3,6-7,15,21-23,26,28-29,33-34H,1,4-5,8-10,12-14,16-18H2,2H3/t21?,22?,23?,26?,28?,29?,30-/m1/s1. The number of ether oxygens (including phenoxy) is 1. The van der Waals surface area contributed by atoms with Crippen LogP contribution in [0.25, 0.3) is 0 Å². The zero-order valence-corrected chi connectivity index (χ0v) is 25.1. The van der Waals surface area contributed by atoms with Crippen LogP contribution in [0, 0.1) is 17.2 Å². The maximum atomic E-state index is 14.4. The highest BCUT2D eigenvalue weighted by Crippen LogP contribution is 2.53. The highest BCUT2D eigenvalue weighted by Gasteiger charge is 2.56. The van der Waals surface area contributed by atoms with E-state index in [9.17, 15) is 14.9 Å². The summed E-state index contributed by atoms with van der Waals surface area (Å²) in [5.41, 5.74) is 1.15. The number of benzene rings is 1. The third-order valence-corrected chi connectivity index (χ3v) is 11.5. The first-order chi connectivity index (χ1) is 19.8. The van der Waals surface area contributed by atoms with Gasteiger partial charge in [-0.1, -0.05) is 18.2 Å². The van der Waals surface area contributed by atoms with Gasteiger partial charge in [-0.25, -0.2) is 0 Å². The van der Waals surface area contributed by atoms with Crippen molar-refractivity contribution in [2.45, 2.75) is 78.8 Å². The molecule has 0 bridgehead atoms. The molecule has 11 heteroatoms. The van der Waals surface area contributed by atoms with Gasteiger partial charge in [0.05, 0.1) is 42.1 Å². The fourth-order valence-electron chi connectivity index (χ4n) is 7.50. The Morgan fingerprint density at radius 3 is 2.90 bits per heavy atom. The Hall–Kier alpha value is -1.97. The van der Waals surface area contributed by atoms with Gasteiger partial charge in [-0.15, -0.1) is 11.8 Å². The normalized spacial score (nSPS) is 35.7. The molecule has 1 aliphatic carbocycles. The maximum Gasteiger partial charge on any atom is 0.246 e. The molecule has 1 aromatic rings. The van der Waals surface area contributed by atoms with Crippen LogP contribution in [-0.4, -0.2) is 102 Å². The lowest BCUT2D eigenvalue weighted by molar-refractivity contribution is -0.144. The summed E-state index contributed by atoms with van der Waals surface area (Å²) in [5.74, 6) is 0.133. The molecule has 2 N–H and O–H groups in total. The first kappa shape index (κ1) is 29.1. The smallest absolute Gasteiger partial charge is 0.246 e. The van der Waals surface area contributed by atoms with Crippen LogP contribution < -0.4 is 10.6 Å². The Labute approximate surface area is 251 Å². The average molecular weight is 599 g/mol. The Kier molecular flexibility index (Phi) is 8.49. The van der Waals surface area contributed by atoms with Gasteiger partial charge < -0.3 is 14.5 Å². The largest absolute Gasteiger partial charge is 0.348 e. The second-order valence-electron chi connectivity index (χ2n) is 12.1. The van der Waals surface area contributed by atoms with Crippen LogP contribution in [-0.2, 0) is 20.7 Å². The van der Waals surface area contributed by atoms with E-state index in [0.717, 1.165) is 36.3 Å². The Morgan fingerprint density at radius 2 is 2.15 bits per heavy atom. The number of likely N-dealkylation sites (tertiary alicyclic amines) is 1. The summed E-state index contributed by atoms with van der Waals surface area (Å²) >= 11 is 8.00. The summed E-state index contributed by atoms with van der Waals surface area (Å²) in [6, 6.07) is 7.98. The molecular formula is C30H39ClN6O3S. The third kappa shape index (κ3) is 5.58. The van der Waals surface area contributed by atoms with Gasteiger partial charge in [0.1, 0.15) is 0 Å². The van der Waals surface area contributed by atoms with Crippen LogP contribution in [0.1, 0.15) is 37.7 Å². The molecule has 6 rings (SSSR count). The number of hydrogen-bond donors (Lipinski definition) is 2. The molecule has 1 amide bonds. The molecule has 4 fully saturated rings. The number of Topliss-reactive ketones (excluding diaryl/α,β-unsaturated/α-hetero) is 1. The van der Waals surface area contributed by atoms with E-state index in [-0.39, 0.29) is 42.3 Å². The topological polar surface area (TPSA) is 101 Å². The number of piperazine rings is 1. The number of amides is 1. The summed E-state index contributed by atoms with van der Waals surface area (Å²) in [7, 11) is 2.14. The SMILES string of the molecule is C=CC(=O)N1CCN(C2NC(OCC3CCCN3C)NC3C(=O)[C@@]4(CCC32)Cc2cc(Cl)ccc2S4)CC1CC#N. The minimum absolute atomic E-state index is 0.0411. The van der Waals surface area contributed by atoms with Crippen molar-refractivity contribution < 1.29 is 14.3 Å². The molecule has 1 aromatic carbocycles. The molecule has 220 valence electrons. The number of rotatable bonds is 6. The minimum atomic E-state index is -0.502. The van der Waals surface area contributed by atoms with E-state index in [4.69, 9.17) is 16.3 Å². The number of hydrogen-bond acceptors (Lipinski definition) is 9. The highest BCUT2D eigenvalue weighted by molar-refractivity contribution is 8.01. The first-order valence-electron chi connectivity index (χ1n) is 14.7. The molecule has 4 aliphatic heterocycles. The lowest BCUT2D eigenvalue weighted by Gasteiger charge is -2.54. The van der Waals surface area contributed by atoms with Crippen LogP contribution in [0.4, 0.5) is 0 Å². The van der Waals surface area contributed by atoms with Crippen LogP contribution in [0.5, 0.6) is 0 Å². The zero-order chi connectivity index (χ0) is 28.7. The lowest BCUT2D eigenvalue weighted by atomic mass is 9.72. The fraction of sp³-hybridized carbons (Fsp3) is 0.633. The second kappa shape index (κ2) is 12.0. The molecule has 0 aromatic heterocycles. The van der Waals surface area contributed by atoms with E-state index in [0.29, 0.717) is 43.7 Å². The fourth-order valence-corrected chi connectivity index (χ4v) is 9.19. The van der Waals surface area contributed by atoms with Crippen LogP contribution >= 0.6 is 23.4 Å². The molecular weight excluding hydrogens is 560 g/mol. The Bertz CT molecular complexity index is 1240. The van der Waals surface area contributed by atoms with Crippen molar-refractivity contribution in [3.63, 3.8) is 0 Å². The molecule has 5 aliphatic rings. The first-order valence-corrected chi connectivity index (χ1v) is 15.9. The van der Waals surface area contributed by atoms with E-state index < -0.39 is 11.1 Å². The maximum absolute atomic E-state index is 14.4. The summed E-state index contributed by atoms with van der Waals surface area (Å²) in [4.78, 5) is 34.5. The van der Waals surface area contributed by atoms with Crippen molar-refractivity contribution >= 4 is 35.1 Å². The summed E-state index contributed by atoms with van der Waals surface area (Å²) < 4.78 is 5.94. The number of ketones is 1. The number of halogens is 1. The molecule has 9 nitrogen and oxygen atoms in total. The average Bonchev–Trinajstić information content (AvgIpc) is 3.56. The van der Waals surface area contributed by atoms with E-state index in [1.165, 1.54) is 12.5 Å². The zero-order valence-electron chi connectivity index (χ0n) is 23.6. The number of carbonyl (C=O) groups excluding carboxylic acids is 2. The van der Waals surface area contributed by atoms with Crippen molar-refractivity contribution in [3.05, 3.63) is 41.4 Å². The monoisotopic (exact) mass is 598 g/mol. The van der Waals surface area contributed by atoms with Crippen molar-refractivity contribution in [1.82, 2.24) is 25.3 Å². The van der Waals surface area contributed by atoms with Gasteiger partial charge in [-0.3, -0.25) is 25.1 Å². The predicted molar refractivity (Wildman–Crippen MR) is 158 cm³/mol. The van der Waals surface area contributed by atoms with E-state index in [2.05, 4.69) is 40.1 Å². The van der Waals surface area contributed by atoms with Crippen LogP contribution in [0.3, 0.4) is 0 Å². The number of carbonyl (C=O) groups is 2. The molecule has 1 spiro atoms. The second-order valence-corrected chi connectivity index (χ2v) is 13.9. The molecule has 7 atom stereocenters. The number of nitrogens with zero attached hydrogens (tertiary/aromatic N) is 4. The third-order valence-electron chi connectivity index (χ3n) is 9.72. The Morgan fingerprint density at radius 1 is 1.29 bits per heavy atom. The molecule has 4 heterocycles. The number of fused-ring (bicyclic) bond motifs is 2. The summed E-state index contributed by atoms with van der Waals surface area (Å²) in [6.45, 7) is 7.03. The van der Waals surface area contributed by atoms with Crippen molar-refractivity contribution in [2.24, 2.45) is 5.92 Å². The van der Waals surface area contributed by atoms with E-state index in [1.807, 2.05) is 18.2 Å². The molecule has 6 unspecified atom stereocenters. The van der Waals surface area contributed by atoms with E-state index >= 15 is 0 Å². The van der Waals surface area contributed by atoms with Gasteiger partial charge in [0.15, 0.2) is 12.1 Å². The molecule has 41 heavy (non-hydrogen) atoms.